The van der Waals surface area contributed by atoms with Crippen molar-refractivity contribution in [2.75, 3.05) is 5.75 Å². The van der Waals surface area contributed by atoms with Crippen LogP contribution in [0.2, 0.25) is 0 Å². The third-order valence-electron chi connectivity index (χ3n) is 2.90. The molecular formula is C15H16N2O2S. The number of Topliss-reactive ketones (excluding diaryl/α,β-unsaturated/α-hetero) is 1. The smallest absolute Gasteiger partial charge is 0.180 e. The number of ketones is 1. The maximum Gasteiger partial charge on any atom is 0.180 e. The first kappa shape index (κ1) is 14.5. The van der Waals surface area contributed by atoms with Crippen LogP contribution in [0.25, 0.3) is 0 Å². The summed E-state index contributed by atoms with van der Waals surface area (Å²) in [4.78, 5) is 23.2. The van der Waals surface area contributed by atoms with E-state index in [-0.39, 0.29) is 5.78 Å². The first-order chi connectivity index (χ1) is 9.61. The van der Waals surface area contributed by atoms with Crippen molar-refractivity contribution in [2.45, 2.75) is 18.2 Å². The number of aromatic nitrogens is 2. The quantitative estimate of drug-likeness (QED) is 0.465. The lowest BCUT2D eigenvalue weighted by Gasteiger charge is -2.07. The number of rotatable bonds is 6. The molecule has 0 bridgehead atoms. The Bertz CT molecular complexity index is 635. The number of aldehydes is 1. The number of thioether (sulfide) groups is 1. The minimum absolute atomic E-state index is 0.0291. The van der Waals surface area contributed by atoms with Crippen LogP contribution in [0.4, 0.5) is 0 Å². The van der Waals surface area contributed by atoms with E-state index in [0.717, 1.165) is 22.3 Å². The summed E-state index contributed by atoms with van der Waals surface area (Å²) in [6.07, 6.45) is 3.41. The summed E-state index contributed by atoms with van der Waals surface area (Å²) in [6, 6.07) is 7.92. The van der Waals surface area contributed by atoms with Gasteiger partial charge in [0.1, 0.15) is 12.0 Å². The van der Waals surface area contributed by atoms with Crippen molar-refractivity contribution in [3.05, 3.63) is 47.3 Å². The van der Waals surface area contributed by atoms with Crippen LogP contribution in [0.15, 0.2) is 35.4 Å². The van der Waals surface area contributed by atoms with Crippen LogP contribution < -0.4 is 0 Å². The molecule has 0 saturated heterocycles. The second-order valence-corrected chi connectivity index (χ2v) is 5.56. The second-order valence-electron chi connectivity index (χ2n) is 4.49. The molecule has 4 nitrogen and oxygen atoms in total. The lowest BCUT2D eigenvalue weighted by atomic mass is 10.0. The van der Waals surface area contributed by atoms with Crippen LogP contribution in [0.1, 0.15) is 28.5 Å². The van der Waals surface area contributed by atoms with Gasteiger partial charge in [0.05, 0.1) is 5.75 Å². The van der Waals surface area contributed by atoms with Crippen molar-refractivity contribution >= 4 is 23.8 Å². The van der Waals surface area contributed by atoms with Gasteiger partial charge in [-0.3, -0.25) is 9.48 Å². The third kappa shape index (κ3) is 3.36. The van der Waals surface area contributed by atoms with Crippen molar-refractivity contribution < 1.29 is 9.59 Å². The molecule has 0 aliphatic heterocycles. The predicted molar refractivity (Wildman–Crippen MR) is 79.2 cm³/mol. The average molecular weight is 288 g/mol. The van der Waals surface area contributed by atoms with Crippen LogP contribution >= 0.6 is 11.8 Å². The second kappa shape index (κ2) is 6.52. The summed E-state index contributed by atoms with van der Waals surface area (Å²) in [7, 11) is 1.81. The van der Waals surface area contributed by atoms with Gasteiger partial charge in [-0.1, -0.05) is 18.2 Å². The fraction of sp³-hybridized carbons (Fsp3) is 0.267. The monoisotopic (exact) mass is 288 g/mol. The number of hydrogen-bond donors (Lipinski definition) is 0. The molecule has 0 atom stereocenters. The van der Waals surface area contributed by atoms with Gasteiger partial charge in [0.2, 0.25) is 0 Å². The fourth-order valence-corrected chi connectivity index (χ4v) is 2.83. The molecule has 0 aliphatic carbocycles. The third-order valence-corrected chi connectivity index (χ3v) is 3.91. The number of nitrogens with zero attached hydrogens (tertiary/aromatic N) is 2. The highest BCUT2D eigenvalue weighted by Gasteiger charge is 2.14. The summed E-state index contributed by atoms with van der Waals surface area (Å²) < 4.78 is 1.66. The molecule has 0 amide bonds. The van der Waals surface area contributed by atoms with Gasteiger partial charge in [-0.25, -0.2) is 0 Å². The number of hydrogen-bond acceptors (Lipinski definition) is 4. The van der Waals surface area contributed by atoms with E-state index >= 15 is 0 Å². The first-order valence-corrected chi connectivity index (χ1v) is 7.28. The van der Waals surface area contributed by atoms with Gasteiger partial charge >= 0.3 is 0 Å². The van der Waals surface area contributed by atoms with Crippen molar-refractivity contribution in [1.29, 1.82) is 0 Å². The van der Waals surface area contributed by atoms with Crippen LogP contribution in [0, 0.1) is 0 Å². The van der Waals surface area contributed by atoms with Gasteiger partial charge in [-0.15, -0.1) is 11.8 Å². The standard InChI is InChI=1S/C15H16N2O2S/c1-11(19)15-13(10-17(2)16-15)9-12-5-3-4-6-14(12)20-8-7-18/h3-7,10H,8-9H2,1-2H3. The lowest BCUT2D eigenvalue weighted by Crippen LogP contribution is -2.00. The van der Waals surface area contributed by atoms with E-state index in [1.165, 1.54) is 18.7 Å². The largest absolute Gasteiger partial charge is 0.302 e. The van der Waals surface area contributed by atoms with Gasteiger partial charge in [0, 0.05) is 37.0 Å². The Morgan fingerprint density at radius 3 is 2.80 bits per heavy atom. The van der Waals surface area contributed by atoms with Crippen LogP contribution in [-0.4, -0.2) is 27.6 Å². The molecule has 0 saturated carbocycles. The van der Waals surface area contributed by atoms with Gasteiger partial charge in [0.25, 0.3) is 0 Å². The molecule has 1 heterocycles. The molecule has 2 aromatic rings. The molecule has 5 heteroatoms. The normalized spacial score (nSPS) is 10.5. The van der Waals surface area contributed by atoms with E-state index in [9.17, 15) is 9.59 Å². The van der Waals surface area contributed by atoms with Gasteiger partial charge in [0.15, 0.2) is 5.78 Å². The van der Waals surface area contributed by atoms with Crippen LogP contribution in [0.3, 0.4) is 0 Å². The highest BCUT2D eigenvalue weighted by atomic mass is 32.2. The van der Waals surface area contributed by atoms with Crippen molar-refractivity contribution in [3.8, 4) is 0 Å². The van der Waals surface area contributed by atoms with Gasteiger partial charge < -0.3 is 4.79 Å². The van der Waals surface area contributed by atoms with Crippen molar-refractivity contribution in [2.24, 2.45) is 7.05 Å². The summed E-state index contributed by atoms with van der Waals surface area (Å²) in [5.41, 5.74) is 2.54. The Morgan fingerprint density at radius 2 is 2.10 bits per heavy atom. The van der Waals surface area contributed by atoms with Crippen LogP contribution in [0.5, 0.6) is 0 Å². The van der Waals surface area contributed by atoms with Crippen molar-refractivity contribution in [1.82, 2.24) is 9.78 Å². The topological polar surface area (TPSA) is 52.0 Å². The Morgan fingerprint density at radius 1 is 1.35 bits per heavy atom. The molecular weight excluding hydrogens is 272 g/mol. The molecule has 1 aromatic heterocycles. The van der Waals surface area contributed by atoms with Crippen LogP contribution in [-0.2, 0) is 18.3 Å². The van der Waals surface area contributed by atoms with E-state index in [2.05, 4.69) is 5.10 Å². The number of aryl methyl sites for hydroxylation is 1. The number of carbonyl (C=O) groups is 2. The minimum Gasteiger partial charge on any atom is -0.302 e. The molecule has 0 radical (unpaired) electrons. The van der Waals surface area contributed by atoms with E-state index < -0.39 is 0 Å². The Kier molecular flexibility index (Phi) is 4.74. The maximum absolute atomic E-state index is 11.6. The molecule has 0 spiro atoms. The Labute approximate surface area is 122 Å². The zero-order valence-corrected chi connectivity index (χ0v) is 12.3. The van der Waals surface area contributed by atoms with Gasteiger partial charge in [-0.05, 0) is 11.6 Å². The highest BCUT2D eigenvalue weighted by Crippen LogP contribution is 2.25. The zero-order valence-electron chi connectivity index (χ0n) is 11.5. The lowest BCUT2D eigenvalue weighted by molar-refractivity contribution is -0.105. The summed E-state index contributed by atoms with van der Waals surface area (Å²) in [5, 5.41) is 4.20. The van der Waals surface area contributed by atoms with Gasteiger partial charge in [-0.2, -0.15) is 5.10 Å². The summed E-state index contributed by atoms with van der Waals surface area (Å²) >= 11 is 1.51. The summed E-state index contributed by atoms with van der Waals surface area (Å²) in [6.45, 7) is 1.53. The van der Waals surface area contributed by atoms with E-state index in [4.69, 9.17) is 0 Å². The molecule has 0 unspecified atom stereocenters. The predicted octanol–water partition coefficient (Wildman–Crippen LogP) is 2.50. The van der Waals surface area contributed by atoms with E-state index in [1.54, 1.807) is 4.68 Å². The Balaban J connectivity index is 2.30. The van der Waals surface area contributed by atoms with E-state index in [1.807, 2.05) is 37.5 Å². The zero-order chi connectivity index (χ0) is 14.5. The molecule has 0 fully saturated rings. The first-order valence-electron chi connectivity index (χ1n) is 6.29. The molecule has 20 heavy (non-hydrogen) atoms. The average Bonchev–Trinajstić information content (AvgIpc) is 2.79. The molecule has 1 aromatic carbocycles. The Hall–Kier alpha value is -1.88. The molecule has 0 N–H and O–H groups in total. The highest BCUT2D eigenvalue weighted by molar-refractivity contribution is 8.00. The fourth-order valence-electron chi connectivity index (χ4n) is 2.08. The van der Waals surface area contributed by atoms with E-state index in [0.29, 0.717) is 17.9 Å². The molecule has 0 aliphatic rings. The number of benzene rings is 1. The summed E-state index contributed by atoms with van der Waals surface area (Å²) in [5.74, 6) is 0.405. The molecule has 2 rings (SSSR count). The molecule has 104 valence electrons. The SMILES string of the molecule is CC(=O)c1nn(C)cc1Cc1ccccc1SCC=O. The number of carbonyl (C=O) groups excluding carboxylic acids is 2. The van der Waals surface area contributed by atoms with Crippen molar-refractivity contribution in [3.63, 3.8) is 0 Å². The maximum atomic E-state index is 11.6. The minimum atomic E-state index is -0.0291.